The number of guanidine groups is 2. The first kappa shape index (κ1) is 20.2. The van der Waals surface area contributed by atoms with E-state index in [9.17, 15) is 28.2 Å². The number of ether oxygens (including phenoxy) is 1. The monoisotopic (exact) mass is 428 g/mol. The van der Waals surface area contributed by atoms with Gasteiger partial charge in [-0.25, -0.2) is 14.8 Å². The summed E-state index contributed by atoms with van der Waals surface area (Å²) < 4.78 is 43.5. The molecule has 3 aliphatic rings. The average Bonchev–Trinajstić information content (AvgIpc) is 3.18. The number of halogens is 3. The van der Waals surface area contributed by atoms with Crippen molar-refractivity contribution in [3.05, 3.63) is 35.4 Å². The van der Waals surface area contributed by atoms with Gasteiger partial charge < -0.3 is 36.6 Å². The van der Waals surface area contributed by atoms with Gasteiger partial charge in [0.05, 0.1) is 24.3 Å². The predicted molar refractivity (Wildman–Crippen MR) is 97.1 cm³/mol. The maximum absolute atomic E-state index is 12.7. The second-order valence-electron chi connectivity index (χ2n) is 7.22. The highest BCUT2D eigenvalue weighted by Gasteiger charge is 2.66. The first-order chi connectivity index (χ1) is 14.1. The quantitative estimate of drug-likeness (QED) is 0.367. The molecule has 10 nitrogen and oxygen atoms in total. The largest absolute Gasteiger partial charge is 0.454 e. The summed E-state index contributed by atoms with van der Waals surface area (Å²) in [5, 5.41) is 23.5. The third-order valence-electron chi connectivity index (χ3n) is 5.50. The number of carbonyl (C=O) groups excluding carboxylic acids is 1. The Hall–Kier alpha value is -3.06. The van der Waals surface area contributed by atoms with E-state index in [-0.39, 0.29) is 24.0 Å². The van der Waals surface area contributed by atoms with Crippen molar-refractivity contribution in [2.75, 3.05) is 13.2 Å². The molecule has 0 radical (unpaired) electrons. The molecule has 0 aromatic heterocycles. The predicted octanol–water partition coefficient (Wildman–Crippen LogP) is -1.42. The van der Waals surface area contributed by atoms with Crippen LogP contribution in [0.4, 0.5) is 13.2 Å². The number of nitrogens with two attached hydrogens (primary N) is 2. The van der Waals surface area contributed by atoms with E-state index >= 15 is 0 Å². The van der Waals surface area contributed by atoms with Gasteiger partial charge in [-0.15, -0.1) is 0 Å². The molecule has 4 rings (SSSR count). The lowest BCUT2D eigenvalue weighted by Gasteiger charge is -2.45. The number of hydrogen-bond donors (Lipinski definition) is 5. The van der Waals surface area contributed by atoms with E-state index in [4.69, 9.17) is 16.2 Å². The van der Waals surface area contributed by atoms with Gasteiger partial charge in [-0.05, 0) is 24.3 Å². The lowest BCUT2D eigenvalue weighted by Crippen LogP contribution is -2.72. The second-order valence-corrected chi connectivity index (χ2v) is 7.22. The number of hydrogen-bond acceptors (Lipinski definition) is 10. The number of benzene rings is 1. The molecule has 162 valence electrons. The van der Waals surface area contributed by atoms with Gasteiger partial charge in [0, 0.05) is 0 Å². The zero-order valence-electron chi connectivity index (χ0n) is 15.4. The summed E-state index contributed by atoms with van der Waals surface area (Å²) in [5.74, 6) is -0.918. The van der Waals surface area contributed by atoms with Crippen LogP contribution in [0.2, 0.25) is 0 Å². The third kappa shape index (κ3) is 2.92. The topological polar surface area (TPSA) is 159 Å². The molecule has 0 saturated carbocycles. The van der Waals surface area contributed by atoms with Crippen LogP contribution in [-0.2, 0) is 10.9 Å². The summed E-state index contributed by atoms with van der Waals surface area (Å²) in [6.45, 7) is -0.463. The summed E-state index contributed by atoms with van der Waals surface area (Å²) in [4.78, 5) is 22.3. The highest BCUT2D eigenvalue weighted by Crippen LogP contribution is 2.40. The fraction of sp³-hybridized carbons (Fsp3) is 0.471. The minimum atomic E-state index is -4.53. The Labute approximate surface area is 168 Å². The van der Waals surface area contributed by atoms with Crippen molar-refractivity contribution >= 4 is 17.9 Å². The van der Waals surface area contributed by atoms with Crippen LogP contribution in [0.15, 0.2) is 34.3 Å². The lowest BCUT2D eigenvalue weighted by atomic mass is 9.88. The Balaban J connectivity index is 1.56. The molecule has 1 aromatic rings. The van der Waals surface area contributed by atoms with Gasteiger partial charge >= 0.3 is 12.1 Å². The van der Waals surface area contributed by atoms with Crippen LogP contribution in [0.1, 0.15) is 15.9 Å². The van der Waals surface area contributed by atoms with Crippen LogP contribution >= 0.6 is 0 Å². The minimum Gasteiger partial charge on any atom is -0.454 e. The van der Waals surface area contributed by atoms with Gasteiger partial charge in [0.1, 0.15) is 24.3 Å². The maximum Gasteiger partial charge on any atom is 0.416 e. The number of rotatable bonds is 3. The van der Waals surface area contributed by atoms with Crippen LogP contribution in [0, 0.1) is 0 Å². The molecule has 7 N–H and O–H groups in total. The summed E-state index contributed by atoms with van der Waals surface area (Å²) >= 11 is 0. The second kappa shape index (κ2) is 6.74. The van der Waals surface area contributed by atoms with Crippen molar-refractivity contribution in [2.24, 2.45) is 21.5 Å². The number of nitrogens with one attached hydrogen (secondary N) is 1. The summed E-state index contributed by atoms with van der Waals surface area (Å²) in [6.07, 6.45) is -7.01. The molecule has 30 heavy (non-hydrogen) atoms. The van der Waals surface area contributed by atoms with Gasteiger partial charge in [0.25, 0.3) is 0 Å². The summed E-state index contributed by atoms with van der Waals surface area (Å²) in [6, 6.07) is 1.96. The first-order valence-corrected chi connectivity index (χ1v) is 8.97. The first-order valence-electron chi connectivity index (χ1n) is 8.97. The van der Waals surface area contributed by atoms with E-state index in [0.717, 1.165) is 24.3 Å². The molecular weight excluding hydrogens is 409 g/mol. The van der Waals surface area contributed by atoms with Crippen molar-refractivity contribution < 1.29 is 32.9 Å². The van der Waals surface area contributed by atoms with Crippen LogP contribution < -0.4 is 16.8 Å². The molecule has 1 aromatic carbocycles. The smallest absolute Gasteiger partial charge is 0.416 e. The van der Waals surface area contributed by atoms with Gasteiger partial charge in [-0.3, -0.25) is 0 Å². The molecule has 3 heterocycles. The van der Waals surface area contributed by atoms with Crippen LogP contribution in [0.5, 0.6) is 0 Å². The van der Waals surface area contributed by atoms with E-state index in [2.05, 4.69) is 15.3 Å². The van der Waals surface area contributed by atoms with Crippen molar-refractivity contribution in [3.8, 4) is 0 Å². The highest BCUT2D eigenvalue weighted by atomic mass is 19.4. The molecular formula is C17H19F3N6O4. The standard InChI is InChI=1S/C17H19F3N6O4/c18-17(19,20)8-3-1-7(2-4-8)13(29)30-10-5-26-15(22)23-9(6-27)11-16(26,12(10)28)25-14(21)24-11/h1-4,9-12,27-28H,5-6H2,(H2,22,23)(H3,21,24,25)/t9?,10-,11?,12-,16-/m0/s1. The van der Waals surface area contributed by atoms with Gasteiger partial charge in [0.2, 0.25) is 0 Å². The van der Waals surface area contributed by atoms with Crippen LogP contribution in [0.3, 0.4) is 0 Å². The molecule has 0 bridgehead atoms. The Kier molecular flexibility index (Phi) is 4.54. The number of carbonyl (C=O) groups is 1. The fourth-order valence-corrected chi connectivity index (χ4v) is 4.13. The van der Waals surface area contributed by atoms with E-state index in [0.29, 0.717) is 0 Å². The van der Waals surface area contributed by atoms with E-state index in [1.807, 2.05) is 0 Å². The van der Waals surface area contributed by atoms with E-state index in [1.54, 1.807) is 0 Å². The zero-order chi connectivity index (χ0) is 21.8. The lowest BCUT2D eigenvalue weighted by molar-refractivity contribution is -0.137. The molecule has 5 atom stereocenters. The molecule has 1 spiro atoms. The molecule has 1 fully saturated rings. The Morgan fingerprint density at radius 2 is 1.97 bits per heavy atom. The number of aliphatic hydroxyl groups excluding tert-OH is 2. The molecule has 3 aliphatic heterocycles. The summed E-state index contributed by atoms with van der Waals surface area (Å²) in [5.41, 5.74) is 9.38. The summed E-state index contributed by atoms with van der Waals surface area (Å²) in [7, 11) is 0. The van der Waals surface area contributed by atoms with Gasteiger partial charge in [-0.1, -0.05) is 0 Å². The van der Waals surface area contributed by atoms with Crippen LogP contribution in [-0.4, -0.2) is 76.1 Å². The number of esters is 1. The van der Waals surface area contributed by atoms with Crippen LogP contribution in [0.25, 0.3) is 0 Å². The maximum atomic E-state index is 12.7. The number of nitrogens with zero attached hydrogens (tertiary/aromatic N) is 3. The average molecular weight is 428 g/mol. The van der Waals surface area contributed by atoms with Crippen molar-refractivity contribution in [2.45, 2.75) is 36.1 Å². The SMILES string of the molecule is NC1=NC2C(CO)N=C(N)N3C[C@H](OC(=O)c4ccc(C(F)(F)F)cc4)[C@H](O)[C@]23N1. The van der Waals surface area contributed by atoms with Crippen molar-refractivity contribution in [3.63, 3.8) is 0 Å². The molecule has 0 aliphatic carbocycles. The van der Waals surface area contributed by atoms with Gasteiger partial charge in [0.15, 0.2) is 17.6 Å². The third-order valence-corrected chi connectivity index (χ3v) is 5.50. The Bertz CT molecular complexity index is 921. The Morgan fingerprint density at radius 1 is 1.30 bits per heavy atom. The fourth-order valence-electron chi connectivity index (χ4n) is 4.13. The minimum absolute atomic E-state index is 0.00196. The van der Waals surface area contributed by atoms with Gasteiger partial charge in [-0.2, -0.15) is 13.2 Å². The van der Waals surface area contributed by atoms with Crippen molar-refractivity contribution in [1.82, 2.24) is 10.2 Å². The normalized spacial score (nSPS) is 32.6. The van der Waals surface area contributed by atoms with E-state index in [1.165, 1.54) is 4.90 Å². The highest BCUT2D eigenvalue weighted by molar-refractivity contribution is 5.90. The number of alkyl halides is 3. The van der Waals surface area contributed by atoms with Crippen molar-refractivity contribution in [1.29, 1.82) is 0 Å². The molecule has 0 amide bonds. The molecule has 2 unspecified atom stereocenters. The molecule has 1 saturated heterocycles. The number of aliphatic hydroxyl groups is 2. The van der Waals surface area contributed by atoms with E-state index < -0.39 is 54.3 Å². The number of aliphatic imine (C=N–C) groups is 2. The zero-order valence-corrected chi connectivity index (χ0v) is 15.4. The molecule has 13 heteroatoms. The Morgan fingerprint density at radius 3 is 2.57 bits per heavy atom.